The Morgan fingerprint density at radius 1 is 0.889 bits per heavy atom. The molecule has 0 aromatic heterocycles. The van der Waals surface area contributed by atoms with Crippen molar-refractivity contribution in [1.82, 2.24) is 0 Å². The van der Waals surface area contributed by atoms with E-state index in [1.165, 1.54) is 6.26 Å². The molecule has 2 aromatic carbocycles. The summed E-state index contributed by atoms with van der Waals surface area (Å²) in [6.45, 7) is 0. The van der Waals surface area contributed by atoms with Gasteiger partial charge in [0.05, 0.1) is 11.8 Å². The van der Waals surface area contributed by atoms with E-state index in [1.807, 2.05) is 48.5 Å². The lowest BCUT2D eigenvalue weighted by Crippen LogP contribution is -3.32. The zero-order valence-corrected chi connectivity index (χ0v) is 11.7. The zero-order chi connectivity index (χ0) is 12.8. The van der Waals surface area contributed by atoms with Gasteiger partial charge >= 0.3 is 5.97 Å². The Hall–Kier alpha value is -1.62. The first-order chi connectivity index (χ1) is 8.77. The number of rotatable bonds is 3. The van der Waals surface area contributed by atoms with Crippen LogP contribution in [0.25, 0.3) is 3.58 Å². The molecule has 3 heteroatoms. The Balaban J connectivity index is 2.05. The molecule has 0 bridgehead atoms. The lowest BCUT2D eigenvalue weighted by molar-refractivity contribution is -0.245. The molecule has 0 amide bonds. The van der Waals surface area contributed by atoms with E-state index >= 15 is 0 Å². The molecule has 0 saturated carbocycles. The molecular formula is C15H11IO2-. The fraction of sp³-hybridized carbons (Fsp3) is 0. The average Bonchev–Trinajstić information content (AvgIpc) is 2.46. The van der Waals surface area contributed by atoms with E-state index in [4.69, 9.17) is 4.74 Å². The molecular weight excluding hydrogens is 339 g/mol. The molecule has 0 spiro atoms. The highest BCUT2D eigenvalue weighted by molar-refractivity contribution is 5.90. The highest BCUT2D eigenvalue weighted by atomic mass is 127. The van der Waals surface area contributed by atoms with Crippen molar-refractivity contribution >= 4 is 9.55 Å². The van der Waals surface area contributed by atoms with Gasteiger partial charge in [-0.25, -0.2) is 4.79 Å². The summed E-state index contributed by atoms with van der Waals surface area (Å²) in [6, 6.07) is 18.7. The fourth-order valence-corrected chi connectivity index (χ4v) is 1.90. The van der Waals surface area contributed by atoms with Crippen molar-refractivity contribution in [3.05, 3.63) is 78.1 Å². The van der Waals surface area contributed by atoms with Crippen LogP contribution in [0.3, 0.4) is 0 Å². The minimum atomic E-state index is -0.347. The van der Waals surface area contributed by atoms with Crippen LogP contribution in [0.15, 0.2) is 66.9 Å². The van der Waals surface area contributed by atoms with E-state index < -0.39 is 0 Å². The van der Waals surface area contributed by atoms with Crippen LogP contribution in [0.2, 0.25) is 0 Å². The van der Waals surface area contributed by atoms with Gasteiger partial charge in [0.1, 0.15) is 0 Å². The maximum absolute atomic E-state index is 11.7. The molecule has 0 unspecified atom stereocenters. The number of benzene rings is 2. The van der Waals surface area contributed by atoms with Crippen molar-refractivity contribution in [1.29, 1.82) is 0 Å². The first-order valence-electron chi connectivity index (χ1n) is 5.44. The summed E-state index contributed by atoms with van der Waals surface area (Å²) < 4.78 is 6.02. The molecule has 0 aliphatic heterocycles. The van der Waals surface area contributed by atoms with Crippen molar-refractivity contribution in [3.8, 4) is 0 Å². The fourth-order valence-electron chi connectivity index (χ4n) is 1.41. The largest absolute Gasteiger partial charge is 0.755 e. The Bertz CT molecular complexity index is 547. The highest BCUT2D eigenvalue weighted by Gasteiger charge is 2.03. The van der Waals surface area contributed by atoms with Gasteiger partial charge in [0.2, 0.25) is 0 Å². The van der Waals surface area contributed by atoms with Gasteiger partial charge in [0.25, 0.3) is 0 Å². The Labute approximate surface area is 119 Å². The molecule has 2 aromatic rings. The summed E-state index contributed by atoms with van der Waals surface area (Å²) in [6.07, 6.45) is 1.48. The van der Waals surface area contributed by atoms with Crippen LogP contribution < -0.4 is 22.6 Å². The van der Waals surface area contributed by atoms with E-state index in [2.05, 4.69) is 22.6 Å². The number of ether oxygens (including phenoxy) is 1. The second-order valence-corrected chi connectivity index (χ2v) is 4.77. The molecule has 18 heavy (non-hydrogen) atoms. The number of hydrogen-bond acceptors (Lipinski definition) is 2. The van der Waals surface area contributed by atoms with Crippen molar-refractivity contribution < 1.29 is 32.1 Å². The smallest absolute Gasteiger partial charge is 0.342 e. The molecule has 0 saturated heterocycles. The van der Waals surface area contributed by atoms with Gasteiger partial charge < -0.3 is 27.3 Å². The number of halogens is 1. The topological polar surface area (TPSA) is 26.3 Å². The van der Waals surface area contributed by atoms with Crippen molar-refractivity contribution in [3.63, 3.8) is 0 Å². The molecule has 0 aliphatic rings. The van der Waals surface area contributed by atoms with Gasteiger partial charge in [0.15, 0.2) is 0 Å². The van der Waals surface area contributed by atoms with Gasteiger partial charge in [-0.3, -0.25) is 0 Å². The van der Waals surface area contributed by atoms with E-state index in [9.17, 15) is 4.79 Å². The highest BCUT2D eigenvalue weighted by Crippen LogP contribution is 2.06. The summed E-state index contributed by atoms with van der Waals surface area (Å²) in [7, 11) is 0. The van der Waals surface area contributed by atoms with Crippen molar-refractivity contribution in [2.24, 2.45) is 0 Å². The van der Waals surface area contributed by atoms with E-state index in [0.717, 1.165) is 9.14 Å². The van der Waals surface area contributed by atoms with E-state index in [1.54, 1.807) is 12.1 Å². The van der Waals surface area contributed by atoms with Crippen molar-refractivity contribution in [2.45, 2.75) is 0 Å². The van der Waals surface area contributed by atoms with Gasteiger partial charge in [-0.1, -0.05) is 48.5 Å². The lowest BCUT2D eigenvalue weighted by atomic mass is 10.2. The maximum Gasteiger partial charge on any atom is 0.342 e. The van der Waals surface area contributed by atoms with Crippen LogP contribution >= 0.6 is 0 Å². The monoisotopic (exact) mass is 350 g/mol. The third-order valence-corrected chi connectivity index (χ3v) is 3.21. The summed E-state index contributed by atoms with van der Waals surface area (Å²) >= 11 is 2.14. The van der Waals surface area contributed by atoms with Crippen LogP contribution in [0.1, 0.15) is 15.9 Å². The number of carbonyl (C=O) groups is 1. The van der Waals surface area contributed by atoms with Crippen LogP contribution in [-0.4, -0.2) is 5.97 Å². The Morgan fingerprint density at radius 3 is 1.94 bits per heavy atom. The summed E-state index contributed by atoms with van der Waals surface area (Å²) in [4.78, 5) is 11.7. The third-order valence-electron chi connectivity index (χ3n) is 2.33. The quantitative estimate of drug-likeness (QED) is 0.455. The van der Waals surface area contributed by atoms with Gasteiger partial charge in [-0.2, -0.15) is 0 Å². The summed E-state index contributed by atoms with van der Waals surface area (Å²) in [5.41, 5.74) is 1.57. The minimum absolute atomic E-state index is 0.347. The molecule has 0 atom stereocenters. The second kappa shape index (κ2) is 6.35. The number of hydrogen-bond donors (Lipinski definition) is 0. The van der Waals surface area contributed by atoms with E-state index in [0.29, 0.717) is 5.56 Å². The van der Waals surface area contributed by atoms with Gasteiger partial charge in [0, 0.05) is 0 Å². The zero-order valence-electron chi connectivity index (χ0n) is 9.55. The van der Waals surface area contributed by atoms with Crippen LogP contribution in [0, 0.1) is 0 Å². The predicted octanol–water partition coefficient (Wildman–Crippen LogP) is 0.395. The van der Waals surface area contributed by atoms with Crippen LogP contribution in [0.4, 0.5) is 0 Å². The Morgan fingerprint density at radius 2 is 1.39 bits per heavy atom. The number of carbonyl (C=O) groups excluding carboxylic acids is 1. The molecule has 0 aliphatic carbocycles. The van der Waals surface area contributed by atoms with Gasteiger partial charge in [-0.15, -0.1) is 3.58 Å². The second-order valence-electron chi connectivity index (χ2n) is 3.60. The molecule has 0 N–H and O–H groups in total. The summed E-state index contributed by atoms with van der Waals surface area (Å²) in [5, 5.41) is 0. The van der Waals surface area contributed by atoms with Gasteiger partial charge in [-0.05, 0) is 17.7 Å². The molecule has 1 radical (unpaired) electrons. The minimum Gasteiger partial charge on any atom is -0.755 e. The summed E-state index contributed by atoms with van der Waals surface area (Å²) in [5.74, 6) is -0.347. The normalized spacial score (nSPS) is 11.1. The predicted molar refractivity (Wildman–Crippen MR) is 66.3 cm³/mol. The standard InChI is InChI=1S/C15H11IO2/c16-14(12-7-3-1-4-8-12)11-18-15(17)13-9-5-2-6-10-13/h1-11H/q-1/b14-11-. The Kier molecular flexibility index (Phi) is 4.52. The van der Waals surface area contributed by atoms with Crippen molar-refractivity contribution in [2.75, 3.05) is 0 Å². The number of esters is 1. The SMILES string of the molecule is O=C(O/C=C(\[I-])c1ccccc1)c1ccccc1. The van der Waals surface area contributed by atoms with Crippen LogP contribution in [-0.2, 0) is 4.74 Å². The average molecular weight is 350 g/mol. The molecule has 0 fully saturated rings. The third kappa shape index (κ3) is 3.43. The maximum atomic E-state index is 11.7. The van der Waals surface area contributed by atoms with Crippen LogP contribution in [0.5, 0.6) is 0 Å². The molecule has 0 heterocycles. The molecule has 91 valence electrons. The first kappa shape index (κ1) is 12.8. The van der Waals surface area contributed by atoms with E-state index in [-0.39, 0.29) is 5.97 Å². The lowest BCUT2D eigenvalue weighted by Gasteiger charge is -2.12. The molecule has 2 nitrogen and oxygen atoms in total. The molecule has 2 rings (SSSR count). The first-order valence-corrected chi connectivity index (χ1v) is 6.52.